The molecule has 0 saturated carbocycles. The molecule has 1 aliphatic rings. The van der Waals surface area contributed by atoms with E-state index in [-0.39, 0.29) is 17.9 Å². The van der Waals surface area contributed by atoms with E-state index < -0.39 is 5.60 Å². The lowest BCUT2D eigenvalue weighted by atomic mass is 9.96. The molecule has 2 amide bonds. The molecule has 1 N–H and O–H groups in total. The number of hydrogen-bond donors (Lipinski definition) is 1. The van der Waals surface area contributed by atoms with Crippen molar-refractivity contribution in [2.75, 3.05) is 19.6 Å². The molecule has 0 atom stereocenters. The van der Waals surface area contributed by atoms with E-state index in [2.05, 4.69) is 5.32 Å². The molecule has 1 aromatic carbocycles. The number of nitrogens with one attached hydrogen (secondary N) is 1. The molecule has 1 heterocycles. The van der Waals surface area contributed by atoms with Crippen LogP contribution in [0.1, 0.15) is 39.2 Å². The Hall–Kier alpha value is -1.75. The number of piperidine rings is 1. The third-order valence-corrected chi connectivity index (χ3v) is 4.40. The van der Waals surface area contributed by atoms with Gasteiger partial charge in [0.25, 0.3) is 0 Å². The molecular weight excluding hydrogens is 340 g/mol. The average Bonchev–Trinajstić information content (AvgIpc) is 2.55. The summed E-state index contributed by atoms with van der Waals surface area (Å²) in [4.78, 5) is 26.0. The first-order valence-corrected chi connectivity index (χ1v) is 9.12. The SMILES string of the molecule is CC(C)(C)OC(=O)N1CCC(C(=O)NCCc2ccc(Cl)cc2)CC1. The maximum Gasteiger partial charge on any atom is 0.410 e. The number of hydrogen-bond acceptors (Lipinski definition) is 3. The average molecular weight is 367 g/mol. The summed E-state index contributed by atoms with van der Waals surface area (Å²) in [5.41, 5.74) is 0.650. The summed E-state index contributed by atoms with van der Waals surface area (Å²) in [5.74, 6) is 0.0294. The van der Waals surface area contributed by atoms with Gasteiger partial charge in [0.2, 0.25) is 5.91 Å². The Bertz CT molecular complexity index is 588. The van der Waals surface area contributed by atoms with Crippen LogP contribution in [0.25, 0.3) is 0 Å². The van der Waals surface area contributed by atoms with Gasteiger partial charge in [-0.05, 0) is 57.7 Å². The van der Waals surface area contributed by atoms with Crippen molar-refractivity contribution in [3.05, 3.63) is 34.9 Å². The van der Waals surface area contributed by atoms with Gasteiger partial charge in [-0.15, -0.1) is 0 Å². The number of benzene rings is 1. The summed E-state index contributed by atoms with van der Waals surface area (Å²) in [6.07, 6.45) is 1.83. The van der Waals surface area contributed by atoms with Gasteiger partial charge in [0.15, 0.2) is 0 Å². The Kier molecular flexibility index (Phi) is 6.71. The summed E-state index contributed by atoms with van der Waals surface area (Å²) >= 11 is 5.86. The zero-order chi connectivity index (χ0) is 18.4. The molecule has 0 spiro atoms. The van der Waals surface area contributed by atoms with Crippen LogP contribution >= 0.6 is 11.6 Å². The topological polar surface area (TPSA) is 58.6 Å². The van der Waals surface area contributed by atoms with E-state index in [0.29, 0.717) is 37.5 Å². The van der Waals surface area contributed by atoms with Crippen molar-refractivity contribution in [2.45, 2.75) is 45.6 Å². The van der Waals surface area contributed by atoms with Crippen molar-refractivity contribution < 1.29 is 14.3 Å². The lowest BCUT2D eigenvalue weighted by Crippen LogP contribution is -2.45. The van der Waals surface area contributed by atoms with E-state index >= 15 is 0 Å². The zero-order valence-electron chi connectivity index (χ0n) is 15.2. The van der Waals surface area contributed by atoms with Gasteiger partial charge in [-0.3, -0.25) is 4.79 Å². The summed E-state index contributed by atoms with van der Waals surface area (Å²) in [7, 11) is 0. The van der Waals surface area contributed by atoms with Crippen molar-refractivity contribution in [3.63, 3.8) is 0 Å². The third-order valence-electron chi connectivity index (χ3n) is 4.14. The van der Waals surface area contributed by atoms with E-state index in [0.717, 1.165) is 12.0 Å². The second-order valence-electron chi connectivity index (χ2n) is 7.41. The Morgan fingerprint density at radius 3 is 2.36 bits per heavy atom. The van der Waals surface area contributed by atoms with E-state index in [1.807, 2.05) is 45.0 Å². The maximum absolute atomic E-state index is 12.3. The number of likely N-dealkylation sites (tertiary alicyclic amines) is 1. The molecule has 5 nitrogen and oxygen atoms in total. The van der Waals surface area contributed by atoms with E-state index in [1.165, 1.54) is 0 Å². The van der Waals surface area contributed by atoms with Crippen LogP contribution in [-0.4, -0.2) is 42.1 Å². The lowest BCUT2D eigenvalue weighted by molar-refractivity contribution is -0.126. The minimum atomic E-state index is -0.493. The summed E-state index contributed by atoms with van der Waals surface area (Å²) < 4.78 is 5.37. The van der Waals surface area contributed by atoms with Crippen LogP contribution in [0.3, 0.4) is 0 Å². The molecule has 25 heavy (non-hydrogen) atoms. The molecule has 6 heteroatoms. The predicted molar refractivity (Wildman–Crippen MR) is 98.7 cm³/mol. The summed E-state index contributed by atoms with van der Waals surface area (Å²) in [5, 5.41) is 3.70. The molecule has 1 fully saturated rings. The van der Waals surface area contributed by atoms with Crippen molar-refractivity contribution in [1.82, 2.24) is 10.2 Å². The van der Waals surface area contributed by atoms with Gasteiger partial charge in [-0.25, -0.2) is 4.79 Å². The van der Waals surface area contributed by atoms with Crippen molar-refractivity contribution in [1.29, 1.82) is 0 Å². The van der Waals surface area contributed by atoms with Gasteiger partial charge in [-0.2, -0.15) is 0 Å². The van der Waals surface area contributed by atoms with Gasteiger partial charge >= 0.3 is 6.09 Å². The molecule has 0 aliphatic carbocycles. The van der Waals surface area contributed by atoms with E-state index in [9.17, 15) is 9.59 Å². The zero-order valence-corrected chi connectivity index (χ0v) is 15.9. The van der Waals surface area contributed by atoms with Gasteiger partial charge in [0, 0.05) is 30.6 Å². The van der Waals surface area contributed by atoms with Crippen molar-refractivity contribution in [2.24, 2.45) is 5.92 Å². The number of halogens is 1. The molecule has 0 aromatic heterocycles. The molecule has 1 saturated heterocycles. The normalized spacial score (nSPS) is 15.8. The molecular formula is C19H27ClN2O3. The summed E-state index contributed by atoms with van der Waals surface area (Å²) in [6, 6.07) is 7.64. The molecule has 1 aromatic rings. The largest absolute Gasteiger partial charge is 0.444 e. The van der Waals surface area contributed by atoms with Crippen molar-refractivity contribution in [3.8, 4) is 0 Å². The van der Waals surface area contributed by atoms with Crippen LogP contribution in [0.5, 0.6) is 0 Å². The first-order chi connectivity index (χ1) is 11.7. The predicted octanol–water partition coefficient (Wildman–Crippen LogP) is 3.65. The minimum absolute atomic E-state index is 0.0381. The number of amides is 2. The maximum atomic E-state index is 12.3. The van der Waals surface area contributed by atoms with E-state index in [1.54, 1.807) is 4.90 Å². The number of carbonyl (C=O) groups excluding carboxylic acids is 2. The Balaban J connectivity index is 1.70. The lowest BCUT2D eigenvalue weighted by Gasteiger charge is -2.32. The Labute approximate surface area is 154 Å². The Morgan fingerprint density at radius 1 is 1.20 bits per heavy atom. The highest BCUT2D eigenvalue weighted by molar-refractivity contribution is 6.30. The van der Waals surface area contributed by atoms with Crippen LogP contribution in [0.4, 0.5) is 4.79 Å². The molecule has 0 bridgehead atoms. The molecule has 2 rings (SSSR count). The first-order valence-electron chi connectivity index (χ1n) is 8.75. The fourth-order valence-corrected chi connectivity index (χ4v) is 2.90. The number of ether oxygens (including phenoxy) is 1. The van der Waals surface area contributed by atoms with Crippen LogP contribution in [-0.2, 0) is 16.0 Å². The second kappa shape index (κ2) is 8.56. The van der Waals surface area contributed by atoms with Crippen LogP contribution < -0.4 is 5.32 Å². The molecule has 138 valence electrons. The highest BCUT2D eigenvalue weighted by atomic mass is 35.5. The van der Waals surface area contributed by atoms with Crippen LogP contribution in [0.15, 0.2) is 24.3 Å². The van der Waals surface area contributed by atoms with Gasteiger partial charge in [-0.1, -0.05) is 23.7 Å². The Morgan fingerprint density at radius 2 is 1.80 bits per heavy atom. The quantitative estimate of drug-likeness (QED) is 0.884. The second-order valence-corrected chi connectivity index (χ2v) is 7.85. The van der Waals surface area contributed by atoms with Gasteiger partial charge in [0.1, 0.15) is 5.60 Å². The highest BCUT2D eigenvalue weighted by Gasteiger charge is 2.29. The van der Waals surface area contributed by atoms with Crippen LogP contribution in [0, 0.1) is 5.92 Å². The smallest absolute Gasteiger partial charge is 0.410 e. The highest BCUT2D eigenvalue weighted by Crippen LogP contribution is 2.20. The molecule has 1 aliphatic heterocycles. The number of rotatable bonds is 4. The standard InChI is InChI=1S/C19H27ClN2O3/c1-19(2,3)25-18(24)22-12-9-15(10-13-22)17(23)21-11-8-14-4-6-16(20)7-5-14/h4-7,15H,8-13H2,1-3H3,(H,21,23). The minimum Gasteiger partial charge on any atom is -0.444 e. The third kappa shape index (κ3) is 6.58. The first kappa shape index (κ1) is 19.6. The van der Waals surface area contributed by atoms with Gasteiger partial charge < -0.3 is 15.0 Å². The molecule has 0 unspecified atom stereocenters. The van der Waals surface area contributed by atoms with E-state index in [4.69, 9.17) is 16.3 Å². The van der Waals surface area contributed by atoms with Crippen molar-refractivity contribution >= 4 is 23.6 Å². The monoisotopic (exact) mass is 366 g/mol. The van der Waals surface area contributed by atoms with Gasteiger partial charge in [0.05, 0.1) is 0 Å². The number of carbonyl (C=O) groups is 2. The summed E-state index contributed by atoms with van der Waals surface area (Å²) in [6.45, 7) is 7.28. The van der Waals surface area contributed by atoms with Crippen LogP contribution in [0.2, 0.25) is 5.02 Å². The fourth-order valence-electron chi connectivity index (χ4n) is 2.78. The fraction of sp³-hybridized carbons (Fsp3) is 0.579. The molecule has 0 radical (unpaired) electrons. The number of nitrogens with zero attached hydrogens (tertiary/aromatic N) is 1.